The third-order valence-electron chi connectivity index (χ3n) is 3.78. The van der Waals surface area contributed by atoms with Crippen molar-refractivity contribution in [1.29, 1.82) is 0 Å². The van der Waals surface area contributed by atoms with Gasteiger partial charge in [-0.3, -0.25) is 4.79 Å². The number of hydrogen-bond donors (Lipinski definition) is 1. The van der Waals surface area contributed by atoms with E-state index in [0.29, 0.717) is 25.9 Å². The van der Waals surface area contributed by atoms with Gasteiger partial charge in [0.1, 0.15) is 0 Å². The number of esters is 1. The Hall–Kier alpha value is -1.59. The van der Waals surface area contributed by atoms with Gasteiger partial charge in [-0.1, -0.05) is 4.49 Å². The Bertz CT molecular complexity index is 695. The van der Waals surface area contributed by atoms with Crippen LogP contribution in [-0.4, -0.2) is 59.6 Å². The average Bonchev–Trinajstić information content (AvgIpc) is 3.03. The summed E-state index contributed by atoms with van der Waals surface area (Å²) in [7, 11) is -3.22. The zero-order valence-corrected chi connectivity index (χ0v) is 15.2. The van der Waals surface area contributed by atoms with Gasteiger partial charge in [0.25, 0.3) is 0 Å². The number of aromatic nitrogens is 2. The van der Waals surface area contributed by atoms with Crippen molar-refractivity contribution < 1.29 is 22.7 Å². The third kappa shape index (κ3) is 4.28. The predicted molar refractivity (Wildman–Crippen MR) is 88.3 cm³/mol. The second kappa shape index (κ2) is 7.99. The van der Waals surface area contributed by atoms with Gasteiger partial charge < -0.3 is 10.1 Å². The van der Waals surface area contributed by atoms with Crippen molar-refractivity contribution in [3.63, 3.8) is 0 Å². The first-order chi connectivity index (χ1) is 11.4. The molecule has 0 radical (unpaired) electrons. The number of nitrogens with one attached hydrogen (secondary N) is 1. The molecule has 2 heterocycles. The van der Waals surface area contributed by atoms with Crippen LogP contribution in [-0.2, 0) is 19.6 Å². The molecule has 1 N–H and O–H groups in total. The lowest BCUT2D eigenvalue weighted by molar-refractivity contribution is -0.120. The number of ether oxygens (including phenoxy) is 1. The molecule has 0 spiro atoms. The lowest BCUT2D eigenvalue weighted by atomic mass is 9.97. The van der Waals surface area contributed by atoms with Crippen molar-refractivity contribution in [2.45, 2.75) is 26.7 Å². The number of carbonyl (C=O) groups excluding carboxylic acids is 2. The van der Waals surface area contributed by atoms with E-state index in [9.17, 15) is 18.0 Å². The number of sulfonamides is 1. The smallest absolute Gasteiger partial charge is 0.362 e. The van der Waals surface area contributed by atoms with Crippen LogP contribution in [0.2, 0.25) is 0 Å². The Labute approximate surface area is 144 Å². The molecule has 0 unspecified atom stereocenters. The molecule has 1 saturated heterocycles. The first-order valence-electron chi connectivity index (χ1n) is 7.67. The zero-order valence-electron chi connectivity index (χ0n) is 13.5. The molecule has 9 nitrogen and oxygen atoms in total. The maximum Gasteiger partial charge on any atom is 0.362 e. The van der Waals surface area contributed by atoms with Crippen molar-refractivity contribution in [1.82, 2.24) is 13.9 Å². The standard InChI is InChI=1S/C13H20N4O5S2/c1-3-22-13(19)10-12(23-16-15-10)14-11(18)9-5-7-17(8-6-9)24(20,21)4-2/h9H,3-8H2,1-2H3,(H,14,18). The quantitative estimate of drug-likeness (QED) is 0.726. The predicted octanol–water partition coefficient (Wildman–Crippen LogP) is 0.715. The molecule has 1 aliphatic rings. The van der Waals surface area contributed by atoms with Crippen molar-refractivity contribution in [2.24, 2.45) is 5.92 Å². The van der Waals surface area contributed by atoms with E-state index in [2.05, 4.69) is 14.9 Å². The fourth-order valence-corrected chi connectivity index (χ4v) is 4.09. The highest BCUT2D eigenvalue weighted by atomic mass is 32.2. The second-order valence-corrected chi connectivity index (χ2v) is 8.25. The molecular weight excluding hydrogens is 356 g/mol. The minimum absolute atomic E-state index is 0.0128. The molecule has 24 heavy (non-hydrogen) atoms. The number of carbonyl (C=O) groups is 2. The molecule has 1 amide bonds. The van der Waals surface area contributed by atoms with E-state index in [0.717, 1.165) is 11.5 Å². The average molecular weight is 376 g/mol. The van der Waals surface area contributed by atoms with Crippen molar-refractivity contribution in [2.75, 3.05) is 30.8 Å². The molecule has 1 aromatic rings. The van der Waals surface area contributed by atoms with E-state index in [4.69, 9.17) is 4.74 Å². The van der Waals surface area contributed by atoms with Crippen molar-refractivity contribution >= 4 is 38.4 Å². The van der Waals surface area contributed by atoms with Crippen molar-refractivity contribution in [3.05, 3.63) is 5.69 Å². The van der Waals surface area contributed by atoms with Gasteiger partial charge in [-0.15, -0.1) is 5.10 Å². The Morgan fingerprint density at radius 1 is 1.33 bits per heavy atom. The van der Waals surface area contributed by atoms with Crippen LogP contribution in [0.4, 0.5) is 5.00 Å². The number of hydrogen-bond acceptors (Lipinski definition) is 8. The highest BCUT2D eigenvalue weighted by molar-refractivity contribution is 7.89. The Morgan fingerprint density at radius 3 is 2.58 bits per heavy atom. The van der Waals surface area contributed by atoms with Crippen LogP contribution in [0.3, 0.4) is 0 Å². The zero-order chi connectivity index (χ0) is 17.7. The molecule has 134 valence electrons. The maximum absolute atomic E-state index is 12.3. The van der Waals surface area contributed by atoms with Crippen LogP contribution in [0.25, 0.3) is 0 Å². The van der Waals surface area contributed by atoms with Gasteiger partial charge in [-0.05, 0) is 26.7 Å². The molecule has 0 saturated carbocycles. The number of rotatable bonds is 6. The van der Waals surface area contributed by atoms with Gasteiger partial charge in [-0.2, -0.15) is 0 Å². The molecule has 11 heteroatoms. The van der Waals surface area contributed by atoms with Gasteiger partial charge in [0.15, 0.2) is 5.00 Å². The third-order valence-corrected chi connectivity index (χ3v) is 6.30. The topological polar surface area (TPSA) is 119 Å². The first kappa shape index (κ1) is 18.7. The highest BCUT2D eigenvalue weighted by Gasteiger charge is 2.31. The monoisotopic (exact) mass is 376 g/mol. The van der Waals surface area contributed by atoms with Crippen LogP contribution >= 0.6 is 11.5 Å². The molecule has 1 aromatic heterocycles. The summed E-state index contributed by atoms with van der Waals surface area (Å²) in [5, 5.41) is 6.58. The van der Waals surface area contributed by atoms with Crippen LogP contribution < -0.4 is 5.32 Å². The Balaban J connectivity index is 1.95. The molecule has 1 aliphatic heterocycles. The van der Waals surface area contributed by atoms with Crippen LogP contribution in [0.1, 0.15) is 37.2 Å². The van der Waals surface area contributed by atoms with E-state index in [1.807, 2.05) is 0 Å². The lowest BCUT2D eigenvalue weighted by Crippen LogP contribution is -2.42. The van der Waals surface area contributed by atoms with E-state index in [-0.39, 0.29) is 34.9 Å². The first-order valence-corrected chi connectivity index (χ1v) is 10.1. The summed E-state index contributed by atoms with van der Waals surface area (Å²) in [5.74, 6) is -1.16. The summed E-state index contributed by atoms with van der Waals surface area (Å²) in [5.41, 5.74) is -0.0128. The van der Waals surface area contributed by atoms with Crippen molar-refractivity contribution in [3.8, 4) is 0 Å². The number of amides is 1. The summed E-state index contributed by atoms with van der Waals surface area (Å²) in [4.78, 5) is 24.1. The Kier molecular flexibility index (Phi) is 6.24. The van der Waals surface area contributed by atoms with E-state index in [1.165, 1.54) is 4.31 Å². The minimum atomic E-state index is -3.22. The highest BCUT2D eigenvalue weighted by Crippen LogP contribution is 2.24. The summed E-state index contributed by atoms with van der Waals surface area (Å²) in [6.45, 7) is 4.11. The molecule has 2 rings (SSSR count). The number of nitrogens with zero attached hydrogens (tertiary/aromatic N) is 3. The molecule has 0 atom stereocenters. The minimum Gasteiger partial charge on any atom is -0.461 e. The molecule has 0 bridgehead atoms. The van der Waals surface area contributed by atoms with Gasteiger partial charge >= 0.3 is 5.97 Å². The largest absolute Gasteiger partial charge is 0.461 e. The summed E-state index contributed by atoms with van der Waals surface area (Å²) in [6.07, 6.45) is 0.873. The SMILES string of the molecule is CCOC(=O)c1nnsc1NC(=O)C1CCN(S(=O)(=O)CC)CC1. The number of anilines is 1. The normalized spacial score (nSPS) is 16.8. The Morgan fingerprint density at radius 2 is 2.00 bits per heavy atom. The fourth-order valence-electron chi connectivity index (χ4n) is 2.40. The van der Waals surface area contributed by atoms with E-state index < -0.39 is 16.0 Å². The summed E-state index contributed by atoms with van der Waals surface area (Å²) < 4.78 is 33.6. The molecule has 0 aromatic carbocycles. The van der Waals surface area contributed by atoms with Crippen LogP contribution in [0, 0.1) is 5.92 Å². The van der Waals surface area contributed by atoms with E-state index >= 15 is 0 Å². The molecular formula is C13H20N4O5S2. The summed E-state index contributed by atoms with van der Waals surface area (Å²) in [6, 6.07) is 0. The number of piperidine rings is 1. The lowest BCUT2D eigenvalue weighted by Gasteiger charge is -2.30. The molecule has 0 aliphatic carbocycles. The van der Waals surface area contributed by atoms with Gasteiger partial charge in [0.2, 0.25) is 21.6 Å². The second-order valence-electron chi connectivity index (χ2n) is 5.23. The molecule has 1 fully saturated rings. The van der Waals surface area contributed by atoms with E-state index in [1.54, 1.807) is 13.8 Å². The maximum atomic E-state index is 12.3. The fraction of sp³-hybridized carbons (Fsp3) is 0.692. The van der Waals surface area contributed by atoms with Gasteiger partial charge in [0, 0.05) is 30.5 Å². The van der Waals surface area contributed by atoms with Gasteiger partial charge in [0.05, 0.1) is 12.4 Å². The van der Waals surface area contributed by atoms with Gasteiger partial charge in [-0.25, -0.2) is 17.5 Å². The van der Waals surface area contributed by atoms with Crippen LogP contribution in [0.5, 0.6) is 0 Å². The van der Waals surface area contributed by atoms with Crippen LogP contribution in [0.15, 0.2) is 0 Å². The summed E-state index contributed by atoms with van der Waals surface area (Å²) >= 11 is 0.904.